The van der Waals surface area contributed by atoms with Gasteiger partial charge in [-0.3, -0.25) is 14.4 Å². The average Bonchev–Trinajstić information content (AvgIpc) is 2.95. The van der Waals surface area contributed by atoms with Crippen molar-refractivity contribution in [3.8, 4) is 0 Å². The van der Waals surface area contributed by atoms with Crippen molar-refractivity contribution >= 4 is 28.9 Å². The summed E-state index contributed by atoms with van der Waals surface area (Å²) in [7, 11) is 0. The molecule has 3 rings (SSSR count). The topological polar surface area (TPSA) is 71.4 Å². The van der Waals surface area contributed by atoms with Crippen LogP contribution in [0.3, 0.4) is 0 Å². The Hall–Kier alpha value is -2.27. The van der Waals surface area contributed by atoms with Crippen molar-refractivity contribution < 1.29 is 19.5 Å². The van der Waals surface area contributed by atoms with Gasteiger partial charge in [-0.15, -0.1) is 11.3 Å². The molecule has 0 radical (unpaired) electrons. The molecule has 2 aromatic rings. The number of Topliss-reactive ketones (excluding diaryl/α,β-unsaturated/α-hetero) is 1. The van der Waals surface area contributed by atoms with Crippen LogP contribution < -0.4 is 0 Å². The molecular formula is C19H18O4S. The number of aliphatic carboxylic acids is 1. The molecule has 1 heterocycles. The molecule has 0 bridgehead atoms. The average molecular weight is 342 g/mol. The molecule has 124 valence electrons. The minimum atomic E-state index is -0.838. The van der Waals surface area contributed by atoms with Crippen molar-refractivity contribution in [3.63, 3.8) is 0 Å². The number of carboxylic acid groups (broad SMARTS) is 1. The largest absolute Gasteiger partial charge is 0.481 e. The molecule has 1 aliphatic rings. The summed E-state index contributed by atoms with van der Waals surface area (Å²) in [4.78, 5) is 37.1. The van der Waals surface area contributed by atoms with Crippen LogP contribution >= 0.6 is 11.3 Å². The van der Waals surface area contributed by atoms with Crippen molar-refractivity contribution in [2.75, 3.05) is 0 Å². The van der Waals surface area contributed by atoms with Gasteiger partial charge in [-0.25, -0.2) is 0 Å². The van der Waals surface area contributed by atoms with E-state index in [1.54, 1.807) is 6.07 Å². The summed E-state index contributed by atoms with van der Waals surface area (Å²) in [6.07, 6.45) is 3.06. The highest BCUT2D eigenvalue weighted by Gasteiger charge is 2.24. The van der Waals surface area contributed by atoms with E-state index < -0.39 is 5.97 Å². The fourth-order valence-electron chi connectivity index (χ4n) is 2.98. The second-order valence-electron chi connectivity index (χ2n) is 5.96. The highest BCUT2D eigenvalue weighted by molar-refractivity contribution is 7.14. The fourth-order valence-corrected chi connectivity index (χ4v) is 4.11. The van der Waals surface area contributed by atoms with Gasteiger partial charge in [-0.2, -0.15) is 0 Å². The van der Waals surface area contributed by atoms with Gasteiger partial charge in [0.15, 0.2) is 11.6 Å². The summed E-state index contributed by atoms with van der Waals surface area (Å²) in [5.74, 6) is -0.839. The Balaban J connectivity index is 1.74. The third-order valence-corrected chi connectivity index (χ3v) is 5.49. The van der Waals surface area contributed by atoms with Crippen LogP contribution in [0.15, 0.2) is 30.3 Å². The normalized spacial score (nSPS) is 13.1. The number of hydrogen-bond acceptors (Lipinski definition) is 4. The first-order chi connectivity index (χ1) is 11.6. The number of hydrogen-bond donors (Lipinski definition) is 1. The van der Waals surface area contributed by atoms with Crippen LogP contribution in [-0.4, -0.2) is 22.6 Å². The van der Waals surface area contributed by atoms with E-state index in [1.807, 2.05) is 24.3 Å². The number of aryl methyl sites for hydroxylation is 2. The number of unbranched alkanes of at least 4 members (excludes halogenated alkanes) is 1. The number of rotatable bonds is 6. The summed E-state index contributed by atoms with van der Waals surface area (Å²) in [5.41, 5.74) is 2.45. The monoisotopic (exact) mass is 342 g/mol. The molecule has 4 nitrogen and oxygen atoms in total. The van der Waals surface area contributed by atoms with Crippen LogP contribution in [0.25, 0.3) is 0 Å². The summed E-state index contributed by atoms with van der Waals surface area (Å²) in [6, 6.07) is 9.36. The minimum Gasteiger partial charge on any atom is -0.481 e. The van der Waals surface area contributed by atoms with Crippen LogP contribution in [0.2, 0.25) is 0 Å². The predicted molar refractivity (Wildman–Crippen MR) is 92.0 cm³/mol. The Morgan fingerprint density at radius 3 is 2.58 bits per heavy atom. The number of fused-ring (bicyclic) bond motifs is 2. The molecule has 0 amide bonds. The Labute approximate surface area is 144 Å². The molecule has 1 N–H and O–H groups in total. The molecule has 5 heteroatoms. The summed E-state index contributed by atoms with van der Waals surface area (Å²) < 4.78 is 0. The van der Waals surface area contributed by atoms with Gasteiger partial charge in [0.25, 0.3) is 0 Å². The van der Waals surface area contributed by atoms with E-state index >= 15 is 0 Å². The van der Waals surface area contributed by atoms with E-state index in [9.17, 15) is 14.4 Å². The van der Waals surface area contributed by atoms with Gasteiger partial charge in [0.1, 0.15) is 0 Å². The van der Waals surface area contributed by atoms with Crippen molar-refractivity contribution in [1.29, 1.82) is 0 Å². The maximum atomic E-state index is 12.7. The molecule has 24 heavy (non-hydrogen) atoms. The van der Waals surface area contributed by atoms with Gasteiger partial charge >= 0.3 is 5.97 Å². The SMILES string of the molecule is O=C(O)CCCCC(=O)c1cc2c(s1)CCc1ccccc1C2=O. The van der Waals surface area contributed by atoms with Crippen LogP contribution in [0.5, 0.6) is 0 Å². The Morgan fingerprint density at radius 2 is 1.79 bits per heavy atom. The first kappa shape index (κ1) is 16.6. The molecule has 0 unspecified atom stereocenters. The fraction of sp³-hybridized carbons (Fsp3) is 0.316. The van der Waals surface area contributed by atoms with Gasteiger partial charge in [0, 0.05) is 28.8 Å². The molecule has 0 atom stereocenters. The van der Waals surface area contributed by atoms with Gasteiger partial charge in [0.2, 0.25) is 0 Å². The highest BCUT2D eigenvalue weighted by atomic mass is 32.1. The van der Waals surface area contributed by atoms with Crippen LogP contribution in [0, 0.1) is 0 Å². The lowest BCUT2D eigenvalue weighted by molar-refractivity contribution is -0.137. The van der Waals surface area contributed by atoms with E-state index in [0.717, 1.165) is 28.8 Å². The van der Waals surface area contributed by atoms with Crippen molar-refractivity contribution in [2.45, 2.75) is 38.5 Å². The molecule has 0 fully saturated rings. The van der Waals surface area contributed by atoms with Crippen LogP contribution in [0.1, 0.15) is 61.7 Å². The number of benzene rings is 1. The maximum Gasteiger partial charge on any atom is 0.303 e. The number of thiophene rings is 1. The second kappa shape index (κ2) is 7.09. The molecule has 1 aliphatic carbocycles. The number of ketones is 2. The van der Waals surface area contributed by atoms with Crippen molar-refractivity contribution in [1.82, 2.24) is 0 Å². The minimum absolute atomic E-state index is 0.000419. The zero-order chi connectivity index (χ0) is 17.1. The lowest BCUT2D eigenvalue weighted by atomic mass is 10.0. The van der Waals surface area contributed by atoms with Gasteiger partial charge < -0.3 is 5.11 Å². The second-order valence-corrected chi connectivity index (χ2v) is 7.09. The van der Waals surface area contributed by atoms with E-state index in [2.05, 4.69) is 0 Å². The predicted octanol–water partition coefficient (Wildman–Crippen LogP) is 3.91. The Morgan fingerprint density at radius 1 is 1.04 bits per heavy atom. The maximum absolute atomic E-state index is 12.7. The third-order valence-electron chi connectivity index (χ3n) is 4.26. The van der Waals surface area contributed by atoms with Crippen molar-refractivity contribution in [2.24, 2.45) is 0 Å². The standard InChI is InChI=1S/C19H18O4S/c20-15(7-3-4-8-18(21)22)17-11-14-16(24-17)10-9-12-5-1-2-6-13(12)19(14)23/h1-2,5-6,11H,3-4,7-10H2,(H,21,22). The Kier molecular flexibility index (Phi) is 4.90. The molecule has 0 saturated carbocycles. The van der Waals surface area contributed by atoms with E-state index in [0.29, 0.717) is 29.7 Å². The first-order valence-electron chi connectivity index (χ1n) is 8.06. The van der Waals surface area contributed by atoms with E-state index in [4.69, 9.17) is 5.11 Å². The summed E-state index contributed by atoms with van der Waals surface area (Å²) in [6.45, 7) is 0. The number of carboxylic acids is 1. The molecular weight excluding hydrogens is 324 g/mol. The number of carbonyl (C=O) groups excluding carboxylic acids is 2. The van der Waals surface area contributed by atoms with Gasteiger partial charge in [-0.05, 0) is 37.3 Å². The summed E-state index contributed by atoms with van der Waals surface area (Å²) >= 11 is 1.41. The smallest absolute Gasteiger partial charge is 0.303 e. The van der Waals surface area contributed by atoms with E-state index in [1.165, 1.54) is 11.3 Å². The lowest BCUT2D eigenvalue weighted by Crippen LogP contribution is -2.03. The van der Waals surface area contributed by atoms with Crippen LogP contribution in [0.4, 0.5) is 0 Å². The summed E-state index contributed by atoms with van der Waals surface area (Å²) in [5, 5.41) is 8.62. The molecule has 1 aromatic carbocycles. The zero-order valence-corrected chi connectivity index (χ0v) is 14.0. The van der Waals surface area contributed by atoms with Crippen molar-refractivity contribution in [3.05, 3.63) is 56.8 Å². The van der Waals surface area contributed by atoms with Gasteiger partial charge in [-0.1, -0.05) is 24.3 Å². The van der Waals surface area contributed by atoms with Gasteiger partial charge in [0.05, 0.1) is 4.88 Å². The molecule has 0 saturated heterocycles. The molecule has 0 aliphatic heterocycles. The van der Waals surface area contributed by atoms with E-state index in [-0.39, 0.29) is 18.0 Å². The van der Waals surface area contributed by atoms with Crippen LogP contribution in [-0.2, 0) is 17.6 Å². The first-order valence-corrected chi connectivity index (χ1v) is 8.88. The highest BCUT2D eigenvalue weighted by Crippen LogP contribution is 2.31. The molecule has 1 aromatic heterocycles. The Bertz CT molecular complexity index is 803. The quantitative estimate of drug-likeness (QED) is 0.638. The lowest BCUT2D eigenvalue weighted by Gasteiger charge is -2.03. The third kappa shape index (κ3) is 3.46. The zero-order valence-electron chi connectivity index (χ0n) is 13.2. The number of carbonyl (C=O) groups is 3. The molecule has 0 spiro atoms.